The van der Waals surface area contributed by atoms with E-state index in [0.717, 1.165) is 5.39 Å². The van der Waals surface area contributed by atoms with Gasteiger partial charge < -0.3 is 14.7 Å². The molecule has 1 spiro atoms. The third kappa shape index (κ3) is 3.15. The quantitative estimate of drug-likeness (QED) is 0.452. The zero-order valence-corrected chi connectivity index (χ0v) is 16.6. The number of rotatable bonds is 5. The predicted octanol–water partition coefficient (Wildman–Crippen LogP) is 1.48. The monoisotopic (exact) mass is 429 g/mol. The molecule has 30 heavy (non-hydrogen) atoms. The van der Waals surface area contributed by atoms with Crippen molar-refractivity contribution in [3.05, 3.63) is 36.5 Å². The molecular formula is C19H19N5O5S. The molecule has 1 aliphatic heterocycles. The number of nitrogens with one attached hydrogen (secondary N) is 4. The number of sulfonamides is 1. The van der Waals surface area contributed by atoms with Gasteiger partial charge in [-0.15, -0.1) is 0 Å². The number of imidazole rings is 1. The molecule has 3 amide bonds. The number of hydrogen-bond donors (Lipinski definition) is 4. The lowest BCUT2D eigenvalue weighted by atomic mass is 9.96. The lowest BCUT2D eigenvalue weighted by Crippen LogP contribution is -2.44. The minimum absolute atomic E-state index is 0.0679. The summed E-state index contributed by atoms with van der Waals surface area (Å²) < 4.78 is 33.6. The number of benzene rings is 1. The molecule has 0 radical (unpaired) electrons. The number of carbonyl (C=O) groups excluding carboxylic acids is 2. The number of para-hydroxylation sites is 1. The van der Waals surface area contributed by atoms with Crippen molar-refractivity contribution in [2.45, 2.75) is 29.8 Å². The number of amides is 3. The number of carbonyl (C=O) groups is 2. The van der Waals surface area contributed by atoms with Gasteiger partial charge in [0.2, 0.25) is 0 Å². The van der Waals surface area contributed by atoms with Gasteiger partial charge in [-0.25, -0.2) is 22.9 Å². The molecule has 1 aromatic carbocycles. The summed E-state index contributed by atoms with van der Waals surface area (Å²) in [6.07, 6.45) is 2.74. The molecule has 4 N–H and O–H groups in total. The second kappa shape index (κ2) is 6.67. The van der Waals surface area contributed by atoms with E-state index in [9.17, 15) is 18.0 Å². The van der Waals surface area contributed by atoms with E-state index >= 15 is 0 Å². The molecule has 1 aliphatic carbocycles. The molecule has 156 valence electrons. The maximum Gasteiger partial charge on any atom is 0.322 e. The lowest BCUT2D eigenvalue weighted by molar-refractivity contribution is -0.123. The average Bonchev–Trinajstić information content (AvgIpc) is 3.47. The third-order valence-electron chi connectivity index (χ3n) is 5.69. The Morgan fingerprint density at radius 1 is 1.27 bits per heavy atom. The summed E-state index contributed by atoms with van der Waals surface area (Å²) in [4.78, 5) is 30.4. The van der Waals surface area contributed by atoms with Gasteiger partial charge in [-0.05, 0) is 37.3 Å². The van der Waals surface area contributed by atoms with Crippen LogP contribution in [0.1, 0.15) is 19.3 Å². The lowest BCUT2D eigenvalue weighted by Gasteiger charge is -2.19. The summed E-state index contributed by atoms with van der Waals surface area (Å²) in [7, 11) is -3.82. The number of imide groups is 1. The first kappa shape index (κ1) is 18.8. The summed E-state index contributed by atoms with van der Waals surface area (Å²) in [6.45, 7) is 0.159. The van der Waals surface area contributed by atoms with Crippen molar-refractivity contribution < 1.29 is 22.4 Å². The van der Waals surface area contributed by atoms with Crippen molar-refractivity contribution in [2.75, 3.05) is 6.54 Å². The first-order valence-corrected chi connectivity index (χ1v) is 11.0. The van der Waals surface area contributed by atoms with Crippen LogP contribution in [0, 0.1) is 5.92 Å². The highest BCUT2D eigenvalue weighted by Gasteiger charge is 2.50. The number of nitrogens with zero attached hydrogens (tertiary/aromatic N) is 1. The van der Waals surface area contributed by atoms with E-state index in [4.69, 9.17) is 4.42 Å². The summed E-state index contributed by atoms with van der Waals surface area (Å²) >= 11 is 0. The number of aromatic nitrogens is 2. The Morgan fingerprint density at radius 3 is 2.87 bits per heavy atom. The van der Waals surface area contributed by atoms with Crippen LogP contribution in [0.15, 0.2) is 46.0 Å². The van der Waals surface area contributed by atoms with Crippen LogP contribution >= 0.6 is 0 Å². The van der Waals surface area contributed by atoms with Crippen LogP contribution in [-0.4, -0.2) is 42.4 Å². The average molecular weight is 429 g/mol. The van der Waals surface area contributed by atoms with Gasteiger partial charge in [-0.2, -0.15) is 0 Å². The van der Waals surface area contributed by atoms with Gasteiger partial charge in [0.1, 0.15) is 11.1 Å². The molecule has 2 unspecified atom stereocenters. The molecule has 1 saturated carbocycles. The standard InChI is InChI=1S/C19H19N5O5S/c25-17-19(24-18(26)23-17)6-5-11(8-19)9-21-30(27,28)15-10-20-16(22-15)14-7-12-3-1-2-4-13(12)29-14/h1-4,7,10-11,21H,5-6,8-9H2,(H,20,22)(H2,23,24,25,26). The third-order valence-corrected chi connectivity index (χ3v) is 7.03. The van der Waals surface area contributed by atoms with Crippen LogP contribution in [-0.2, 0) is 14.8 Å². The van der Waals surface area contributed by atoms with Gasteiger partial charge in [-0.1, -0.05) is 18.2 Å². The summed E-state index contributed by atoms with van der Waals surface area (Å²) in [5.41, 5.74) is -0.236. The molecule has 10 nitrogen and oxygen atoms in total. The fourth-order valence-corrected chi connectivity index (χ4v) is 5.17. The Bertz CT molecular complexity index is 1230. The van der Waals surface area contributed by atoms with Crippen molar-refractivity contribution in [1.82, 2.24) is 25.3 Å². The van der Waals surface area contributed by atoms with E-state index in [0.29, 0.717) is 36.4 Å². The normalized spacial score (nSPS) is 23.9. The Kier molecular flexibility index (Phi) is 4.19. The van der Waals surface area contributed by atoms with Crippen molar-refractivity contribution >= 4 is 32.9 Å². The zero-order chi connectivity index (χ0) is 20.9. The second-order valence-corrected chi connectivity index (χ2v) is 9.43. The molecule has 2 aromatic heterocycles. The Hall–Kier alpha value is -3.18. The molecule has 3 aromatic rings. The number of furan rings is 1. The number of aromatic amines is 1. The van der Waals surface area contributed by atoms with Crippen LogP contribution in [0.5, 0.6) is 0 Å². The molecule has 5 rings (SSSR count). The van der Waals surface area contributed by atoms with E-state index < -0.39 is 21.6 Å². The van der Waals surface area contributed by atoms with Crippen molar-refractivity contribution in [2.24, 2.45) is 5.92 Å². The van der Waals surface area contributed by atoms with Crippen LogP contribution in [0.25, 0.3) is 22.6 Å². The largest absolute Gasteiger partial charge is 0.453 e. The molecule has 2 atom stereocenters. The van der Waals surface area contributed by atoms with Crippen molar-refractivity contribution in [3.8, 4) is 11.6 Å². The zero-order valence-electron chi connectivity index (χ0n) is 15.8. The van der Waals surface area contributed by atoms with Gasteiger partial charge in [0, 0.05) is 11.9 Å². The highest BCUT2D eigenvalue weighted by Crippen LogP contribution is 2.36. The van der Waals surface area contributed by atoms with Crippen LogP contribution in [0.2, 0.25) is 0 Å². The van der Waals surface area contributed by atoms with Crippen molar-refractivity contribution in [1.29, 1.82) is 0 Å². The SMILES string of the molecule is O=C1NC(=O)C2(CCC(CNS(=O)(=O)c3cnc(-c4cc5ccccc5o4)[nH]3)C2)N1. The van der Waals surface area contributed by atoms with E-state index in [1.54, 1.807) is 6.07 Å². The summed E-state index contributed by atoms with van der Waals surface area (Å²) in [5.74, 6) is 0.346. The molecule has 11 heteroatoms. The van der Waals surface area contributed by atoms with E-state index in [2.05, 4.69) is 25.3 Å². The second-order valence-electron chi connectivity index (χ2n) is 7.70. The molecule has 0 bridgehead atoms. The number of H-pyrrole nitrogens is 1. The smallest absolute Gasteiger partial charge is 0.322 e. The van der Waals surface area contributed by atoms with Gasteiger partial charge in [-0.3, -0.25) is 10.1 Å². The Morgan fingerprint density at radius 2 is 2.10 bits per heavy atom. The van der Waals surface area contributed by atoms with Crippen LogP contribution in [0.4, 0.5) is 4.79 Å². The highest BCUT2D eigenvalue weighted by atomic mass is 32.2. The maximum atomic E-state index is 12.7. The number of fused-ring (bicyclic) bond motifs is 1. The topological polar surface area (TPSA) is 146 Å². The predicted molar refractivity (Wildman–Crippen MR) is 106 cm³/mol. The van der Waals surface area contributed by atoms with Gasteiger partial charge in [0.25, 0.3) is 15.9 Å². The fraction of sp³-hybridized carbons (Fsp3) is 0.316. The first-order valence-electron chi connectivity index (χ1n) is 9.52. The van der Waals surface area contributed by atoms with E-state index in [1.807, 2.05) is 24.3 Å². The van der Waals surface area contributed by atoms with E-state index in [-0.39, 0.29) is 23.4 Å². The Labute approximate surface area is 171 Å². The summed E-state index contributed by atoms with van der Waals surface area (Å²) in [6, 6.07) is 8.74. The minimum atomic E-state index is -3.82. The molecule has 2 fully saturated rings. The number of hydrogen-bond acceptors (Lipinski definition) is 6. The molecule has 3 heterocycles. The molecule has 1 saturated heterocycles. The van der Waals surface area contributed by atoms with Gasteiger partial charge in [0.15, 0.2) is 16.6 Å². The van der Waals surface area contributed by atoms with E-state index in [1.165, 1.54) is 6.20 Å². The minimum Gasteiger partial charge on any atom is -0.453 e. The molecular weight excluding hydrogens is 410 g/mol. The summed E-state index contributed by atoms with van der Waals surface area (Å²) in [5, 5.41) is 5.73. The number of urea groups is 1. The van der Waals surface area contributed by atoms with Gasteiger partial charge >= 0.3 is 6.03 Å². The maximum absolute atomic E-state index is 12.7. The first-order chi connectivity index (χ1) is 14.3. The van der Waals surface area contributed by atoms with Crippen LogP contribution < -0.4 is 15.4 Å². The molecule has 2 aliphatic rings. The Balaban J connectivity index is 1.27. The van der Waals surface area contributed by atoms with Crippen LogP contribution in [0.3, 0.4) is 0 Å². The van der Waals surface area contributed by atoms with Gasteiger partial charge in [0.05, 0.1) is 6.20 Å². The highest BCUT2D eigenvalue weighted by molar-refractivity contribution is 7.89. The fourth-order valence-electron chi connectivity index (χ4n) is 4.14. The van der Waals surface area contributed by atoms with Crippen molar-refractivity contribution in [3.63, 3.8) is 0 Å².